The van der Waals surface area contributed by atoms with Crippen molar-refractivity contribution >= 4 is 0 Å². The summed E-state index contributed by atoms with van der Waals surface area (Å²) >= 11 is 0. The number of benzene rings is 1. The molecule has 0 aliphatic carbocycles. The first-order valence-electron chi connectivity index (χ1n) is 5.80. The minimum atomic E-state index is -0.628. The number of hydrogen-bond donors (Lipinski definition) is 1. The molecule has 0 radical (unpaired) electrons. The van der Waals surface area contributed by atoms with E-state index in [-0.39, 0.29) is 6.42 Å². The van der Waals surface area contributed by atoms with Gasteiger partial charge in [0.05, 0.1) is 25.7 Å². The zero-order valence-electron chi connectivity index (χ0n) is 10.6. The molecule has 1 atom stereocenters. The van der Waals surface area contributed by atoms with Gasteiger partial charge in [-0.1, -0.05) is 26.0 Å². The van der Waals surface area contributed by atoms with Crippen LogP contribution in [-0.2, 0) is 6.42 Å². The van der Waals surface area contributed by atoms with E-state index >= 15 is 0 Å². The van der Waals surface area contributed by atoms with Crippen LogP contribution >= 0.6 is 0 Å². The fourth-order valence-corrected chi connectivity index (χ4v) is 1.75. The van der Waals surface area contributed by atoms with Crippen molar-refractivity contribution in [2.24, 2.45) is 0 Å². The van der Waals surface area contributed by atoms with E-state index in [1.54, 1.807) is 7.11 Å². The number of nitriles is 1. The summed E-state index contributed by atoms with van der Waals surface area (Å²) in [6.45, 7) is 4.24. The Bertz CT molecular complexity index is 407. The van der Waals surface area contributed by atoms with E-state index in [9.17, 15) is 5.11 Å². The number of nitrogens with zero attached hydrogens (tertiary/aromatic N) is 1. The first kappa shape index (κ1) is 13.5. The molecule has 1 aromatic rings. The summed E-state index contributed by atoms with van der Waals surface area (Å²) < 4.78 is 5.27. The van der Waals surface area contributed by atoms with Gasteiger partial charge in [0.25, 0.3) is 0 Å². The Morgan fingerprint density at radius 1 is 1.41 bits per heavy atom. The molecule has 0 bridgehead atoms. The summed E-state index contributed by atoms with van der Waals surface area (Å²) in [6, 6.07) is 7.97. The van der Waals surface area contributed by atoms with Crippen molar-refractivity contribution in [2.75, 3.05) is 7.11 Å². The summed E-state index contributed by atoms with van der Waals surface area (Å²) in [7, 11) is 1.62. The molecule has 3 nitrogen and oxygen atoms in total. The Kier molecular flexibility index (Phi) is 4.99. The normalized spacial score (nSPS) is 12.2. The van der Waals surface area contributed by atoms with Crippen molar-refractivity contribution in [3.63, 3.8) is 0 Å². The van der Waals surface area contributed by atoms with Gasteiger partial charge < -0.3 is 9.84 Å². The van der Waals surface area contributed by atoms with Crippen molar-refractivity contribution in [2.45, 2.75) is 38.7 Å². The first-order valence-corrected chi connectivity index (χ1v) is 5.80. The molecule has 0 aromatic heterocycles. The molecule has 0 aliphatic rings. The summed E-state index contributed by atoms with van der Waals surface area (Å²) in [5.41, 5.74) is 2.17. The van der Waals surface area contributed by atoms with Crippen LogP contribution in [-0.4, -0.2) is 18.3 Å². The van der Waals surface area contributed by atoms with E-state index in [0.717, 1.165) is 11.3 Å². The van der Waals surface area contributed by atoms with Crippen molar-refractivity contribution in [3.05, 3.63) is 29.3 Å². The molecule has 0 saturated carbocycles. The third-order valence-electron chi connectivity index (χ3n) is 2.75. The van der Waals surface area contributed by atoms with Gasteiger partial charge in [0.15, 0.2) is 0 Å². The maximum atomic E-state index is 9.67. The van der Waals surface area contributed by atoms with Crippen LogP contribution < -0.4 is 4.74 Å². The lowest BCUT2D eigenvalue weighted by molar-refractivity contribution is 0.179. The molecular formula is C14H19NO2. The standard InChI is InChI=1S/C14H19NO2/c1-10(2)11-4-5-14(17-3)12(8-11)9-13(16)6-7-15/h4-5,8,10,13,16H,6,9H2,1-3H3. The lowest BCUT2D eigenvalue weighted by atomic mass is 9.97. The predicted octanol–water partition coefficient (Wildman–Crippen LogP) is 2.64. The molecule has 1 N–H and O–H groups in total. The molecule has 17 heavy (non-hydrogen) atoms. The molecular weight excluding hydrogens is 214 g/mol. The maximum Gasteiger partial charge on any atom is 0.122 e. The topological polar surface area (TPSA) is 53.2 Å². The second-order valence-electron chi connectivity index (χ2n) is 4.45. The van der Waals surface area contributed by atoms with E-state index in [1.807, 2.05) is 24.3 Å². The van der Waals surface area contributed by atoms with Gasteiger partial charge in [-0.2, -0.15) is 5.26 Å². The van der Waals surface area contributed by atoms with Crippen LogP contribution in [0.2, 0.25) is 0 Å². The third-order valence-corrected chi connectivity index (χ3v) is 2.75. The highest BCUT2D eigenvalue weighted by molar-refractivity contribution is 5.38. The molecule has 1 unspecified atom stereocenters. The molecule has 3 heteroatoms. The summed E-state index contributed by atoms with van der Waals surface area (Å²) in [5, 5.41) is 18.2. The Labute approximate surface area is 103 Å². The largest absolute Gasteiger partial charge is 0.496 e. The van der Waals surface area contributed by atoms with Crippen LogP contribution in [0.5, 0.6) is 5.75 Å². The fraction of sp³-hybridized carbons (Fsp3) is 0.500. The SMILES string of the molecule is COc1ccc(C(C)C)cc1CC(O)CC#N. The second-order valence-corrected chi connectivity index (χ2v) is 4.45. The average Bonchev–Trinajstić information content (AvgIpc) is 2.29. The van der Waals surface area contributed by atoms with E-state index in [4.69, 9.17) is 10.00 Å². The molecule has 0 fully saturated rings. The monoisotopic (exact) mass is 233 g/mol. The van der Waals surface area contributed by atoms with Crippen molar-refractivity contribution < 1.29 is 9.84 Å². The number of ether oxygens (including phenoxy) is 1. The second kappa shape index (κ2) is 6.27. The lowest BCUT2D eigenvalue weighted by Gasteiger charge is -2.14. The zero-order chi connectivity index (χ0) is 12.8. The highest BCUT2D eigenvalue weighted by Crippen LogP contribution is 2.25. The number of aliphatic hydroxyl groups excluding tert-OH is 1. The number of aliphatic hydroxyl groups is 1. The van der Waals surface area contributed by atoms with Gasteiger partial charge in [0.1, 0.15) is 5.75 Å². The molecule has 0 aliphatic heterocycles. The smallest absolute Gasteiger partial charge is 0.122 e. The Morgan fingerprint density at radius 3 is 2.65 bits per heavy atom. The lowest BCUT2D eigenvalue weighted by Crippen LogP contribution is -2.10. The minimum Gasteiger partial charge on any atom is -0.496 e. The van der Waals surface area contributed by atoms with E-state index in [0.29, 0.717) is 12.3 Å². The highest BCUT2D eigenvalue weighted by Gasteiger charge is 2.11. The van der Waals surface area contributed by atoms with Gasteiger partial charge in [-0.15, -0.1) is 0 Å². The molecule has 0 spiro atoms. The number of methoxy groups -OCH3 is 1. The van der Waals surface area contributed by atoms with E-state index in [2.05, 4.69) is 13.8 Å². The van der Waals surface area contributed by atoms with Crippen molar-refractivity contribution in [3.8, 4) is 11.8 Å². The van der Waals surface area contributed by atoms with Crippen LogP contribution in [0.1, 0.15) is 37.3 Å². The Morgan fingerprint density at radius 2 is 2.12 bits per heavy atom. The highest BCUT2D eigenvalue weighted by atomic mass is 16.5. The molecule has 1 rings (SSSR count). The Balaban J connectivity index is 2.94. The first-order chi connectivity index (χ1) is 8.08. The van der Waals surface area contributed by atoms with Crippen molar-refractivity contribution in [1.82, 2.24) is 0 Å². The van der Waals surface area contributed by atoms with Crippen LogP contribution in [0.4, 0.5) is 0 Å². The summed E-state index contributed by atoms with van der Waals surface area (Å²) in [6.07, 6.45) is -0.0249. The van der Waals surface area contributed by atoms with Gasteiger partial charge in [-0.3, -0.25) is 0 Å². The van der Waals surface area contributed by atoms with E-state index in [1.165, 1.54) is 5.56 Å². The third kappa shape index (κ3) is 3.76. The van der Waals surface area contributed by atoms with Gasteiger partial charge >= 0.3 is 0 Å². The van der Waals surface area contributed by atoms with Crippen LogP contribution in [0.25, 0.3) is 0 Å². The number of rotatable bonds is 5. The van der Waals surface area contributed by atoms with Gasteiger partial charge in [-0.25, -0.2) is 0 Å². The zero-order valence-corrected chi connectivity index (χ0v) is 10.6. The van der Waals surface area contributed by atoms with E-state index < -0.39 is 6.10 Å². The predicted molar refractivity (Wildman–Crippen MR) is 67.0 cm³/mol. The van der Waals surface area contributed by atoms with Crippen LogP contribution in [0.3, 0.4) is 0 Å². The molecule has 0 amide bonds. The Hall–Kier alpha value is -1.53. The minimum absolute atomic E-state index is 0.148. The molecule has 0 heterocycles. The molecule has 0 saturated heterocycles. The van der Waals surface area contributed by atoms with Crippen molar-refractivity contribution in [1.29, 1.82) is 5.26 Å². The van der Waals surface area contributed by atoms with Gasteiger partial charge in [0, 0.05) is 6.42 Å². The number of hydrogen-bond acceptors (Lipinski definition) is 3. The quantitative estimate of drug-likeness (QED) is 0.850. The maximum absolute atomic E-state index is 9.67. The van der Waals surface area contributed by atoms with Crippen LogP contribution in [0.15, 0.2) is 18.2 Å². The van der Waals surface area contributed by atoms with Gasteiger partial charge in [0.2, 0.25) is 0 Å². The average molecular weight is 233 g/mol. The molecule has 1 aromatic carbocycles. The summed E-state index contributed by atoms with van der Waals surface area (Å²) in [4.78, 5) is 0. The van der Waals surface area contributed by atoms with Crippen LogP contribution in [0, 0.1) is 11.3 Å². The fourth-order valence-electron chi connectivity index (χ4n) is 1.75. The van der Waals surface area contributed by atoms with Gasteiger partial charge in [-0.05, 0) is 23.1 Å². The molecule has 92 valence electrons. The summed E-state index contributed by atoms with van der Waals surface area (Å²) in [5.74, 6) is 1.21.